The molecule has 132 valence electrons. The molecule has 0 spiro atoms. The number of hydrogen-bond acceptors (Lipinski definition) is 3. The Labute approximate surface area is 152 Å². The van der Waals surface area contributed by atoms with Crippen molar-refractivity contribution < 1.29 is 9.59 Å². The van der Waals surface area contributed by atoms with Crippen molar-refractivity contribution in [2.75, 3.05) is 12.4 Å². The molecular formula is C21H21N3O2. The Morgan fingerprint density at radius 2 is 1.73 bits per heavy atom. The van der Waals surface area contributed by atoms with Crippen LogP contribution in [0.3, 0.4) is 0 Å². The molecule has 0 bridgehead atoms. The van der Waals surface area contributed by atoms with Crippen LogP contribution < -0.4 is 5.32 Å². The van der Waals surface area contributed by atoms with Gasteiger partial charge in [0, 0.05) is 18.1 Å². The third kappa shape index (κ3) is 4.45. The smallest absolute Gasteiger partial charge is 0.233 e. The van der Waals surface area contributed by atoms with E-state index in [9.17, 15) is 9.59 Å². The Morgan fingerprint density at radius 3 is 2.50 bits per heavy atom. The molecule has 5 nitrogen and oxygen atoms in total. The Kier molecular flexibility index (Phi) is 5.27. The highest BCUT2D eigenvalue weighted by Crippen LogP contribution is 2.13. The number of pyridine rings is 1. The summed E-state index contributed by atoms with van der Waals surface area (Å²) in [6, 6.07) is 19.2. The van der Waals surface area contributed by atoms with Crippen molar-refractivity contribution in [1.29, 1.82) is 0 Å². The molecule has 1 N–H and O–H groups in total. The SMILES string of the molecule is Cc1ccc(NC(=O)CC(=O)N(C)Cc2ccc3ccccc3n2)cc1. The van der Waals surface area contributed by atoms with Crippen LogP contribution >= 0.6 is 0 Å². The van der Waals surface area contributed by atoms with E-state index < -0.39 is 0 Å². The van der Waals surface area contributed by atoms with Crippen molar-refractivity contribution in [3.63, 3.8) is 0 Å². The molecule has 0 aliphatic rings. The number of amides is 2. The van der Waals surface area contributed by atoms with Gasteiger partial charge in [-0.2, -0.15) is 0 Å². The van der Waals surface area contributed by atoms with Gasteiger partial charge in [-0.15, -0.1) is 0 Å². The summed E-state index contributed by atoms with van der Waals surface area (Å²) in [5.74, 6) is -0.568. The van der Waals surface area contributed by atoms with Crippen LogP contribution in [0.4, 0.5) is 5.69 Å². The first-order valence-electron chi connectivity index (χ1n) is 8.46. The molecule has 26 heavy (non-hydrogen) atoms. The number of fused-ring (bicyclic) bond motifs is 1. The quantitative estimate of drug-likeness (QED) is 0.718. The van der Waals surface area contributed by atoms with E-state index >= 15 is 0 Å². The molecule has 0 unspecified atom stereocenters. The molecule has 1 heterocycles. The number of carbonyl (C=O) groups is 2. The molecule has 3 rings (SSSR count). The van der Waals surface area contributed by atoms with Gasteiger partial charge < -0.3 is 10.2 Å². The maximum absolute atomic E-state index is 12.3. The summed E-state index contributed by atoms with van der Waals surface area (Å²) < 4.78 is 0. The Hall–Kier alpha value is -3.21. The van der Waals surface area contributed by atoms with Gasteiger partial charge >= 0.3 is 0 Å². The normalized spacial score (nSPS) is 10.5. The number of para-hydroxylation sites is 1. The molecule has 2 amide bonds. The summed E-state index contributed by atoms with van der Waals surface area (Å²) >= 11 is 0. The minimum atomic E-state index is -0.322. The van der Waals surface area contributed by atoms with Gasteiger partial charge in [0.05, 0.1) is 17.8 Å². The summed E-state index contributed by atoms with van der Waals surface area (Å²) in [5.41, 5.74) is 3.48. The lowest BCUT2D eigenvalue weighted by Crippen LogP contribution is -2.30. The van der Waals surface area contributed by atoms with Crippen LogP contribution in [0.5, 0.6) is 0 Å². The molecule has 0 aliphatic carbocycles. The fourth-order valence-corrected chi connectivity index (χ4v) is 2.64. The van der Waals surface area contributed by atoms with Gasteiger partial charge in [0.2, 0.25) is 11.8 Å². The topological polar surface area (TPSA) is 62.3 Å². The molecular weight excluding hydrogens is 326 g/mol. The van der Waals surface area contributed by atoms with Crippen LogP contribution in [-0.2, 0) is 16.1 Å². The Morgan fingerprint density at radius 1 is 1.00 bits per heavy atom. The van der Waals surface area contributed by atoms with Gasteiger partial charge in [-0.1, -0.05) is 42.0 Å². The summed E-state index contributed by atoms with van der Waals surface area (Å²) in [5, 5.41) is 3.80. The second-order valence-corrected chi connectivity index (χ2v) is 6.34. The number of benzene rings is 2. The van der Waals surface area contributed by atoms with Crippen molar-refractivity contribution in [2.24, 2.45) is 0 Å². The molecule has 2 aromatic carbocycles. The van der Waals surface area contributed by atoms with E-state index in [2.05, 4.69) is 10.3 Å². The van der Waals surface area contributed by atoms with Crippen molar-refractivity contribution in [3.8, 4) is 0 Å². The van der Waals surface area contributed by atoms with Crippen LogP contribution in [0.2, 0.25) is 0 Å². The van der Waals surface area contributed by atoms with Gasteiger partial charge in [-0.25, -0.2) is 0 Å². The number of carbonyl (C=O) groups excluding carboxylic acids is 2. The average Bonchev–Trinajstić information content (AvgIpc) is 2.63. The second-order valence-electron chi connectivity index (χ2n) is 6.34. The minimum Gasteiger partial charge on any atom is -0.339 e. The average molecular weight is 347 g/mol. The van der Waals surface area contributed by atoms with Crippen LogP contribution in [-0.4, -0.2) is 28.7 Å². The van der Waals surface area contributed by atoms with Crippen molar-refractivity contribution in [1.82, 2.24) is 9.88 Å². The summed E-state index contributed by atoms with van der Waals surface area (Å²) in [6.45, 7) is 2.34. The van der Waals surface area contributed by atoms with Crippen molar-refractivity contribution in [3.05, 3.63) is 71.9 Å². The molecule has 0 aliphatic heterocycles. The third-order valence-electron chi connectivity index (χ3n) is 4.13. The maximum atomic E-state index is 12.3. The van der Waals surface area contributed by atoms with Crippen molar-refractivity contribution >= 4 is 28.4 Å². The number of rotatable bonds is 5. The van der Waals surface area contributed by atoms with Gasteiger partial charge in [0.15, 0.2) is 0 Å². The number of aromatic nitrogens is 1. The first-order valence-corrected chi connectivity index (χ1v) is 8.46. The van der Waals surface area contributed by atoms with Crippen LogP contribution in [0.15, 0.2) is 60.7 Å². The number of nitrogens with one attached hydrogen (secondary N) is 1. The lowest BCUT2D eigenvalue weighted by molar-refractivity contribution is -0.134. The molecule has 0 fully saturated rings. The summed E-state index contributed by atoms with van der Waals surface area (Å²) in [6.07, 6.45) is -0.196. The number of aryl methyl sites for hydroxylation is 1. The second kappa shape index (κ2) is 7.78. The highest BCUT2D eigenvalue weighted by molar-refractivity contribution is 6.03. The lowest BCUT2D eigenvalue weighted by atomic mass is 10.2. The first-order chi connectivity index (χ1) is 12.5. The fourth-order valence-electron chi connectivity index (χ4n) is 2.64. The van der Waals surface area contributed by atoms with Crippen LogP contribution in [0, 0.1) is 6.92 Å². The Balaban J connectivity index is 1.57. The summed E-state index contributed by atoms with van der Waals surface area (Å²) in [4.78, 5) is 30.4. The molecule has 3 aromatic rings. The van der Waals surface area contributed by atoms with Gasteiger partial charge in [-0.05, 0) is 31.2 Å². The predicted octanol–water partition coefficient (Wildman–Crippen LogP) is 3.53. The third-order valence-corrected chi connectivity index (χ3v) is 4.13. The highest BCUT2D eigenvalue weighted by Gasteiger charge is 2.15. The lowest BCUT2D eigenvalue weighted by Gasteiger charge is -2.17. The predicted molar refractivity (Wildman–Crippen MR) is 103 cm³/mol. The van der Waals surface area contributed by atoms with Gasteiger partial charge in [-0.3, -0.25) is 14.6 Å². The highest BCUT2D eigenvalue weighted by atomic mass is 16.2. The first kappa shape index (κ1) is 17.6. The van der Waals surface area contributed by atoms with Crippen LogP contribution in [0.1, 0.15) is 17.7 Å². The van der Waals surface area contributed by atoms with Gasteiger partial charge in [0.25, 0.3) is 0 Å². The largest absolute Gasteiger partial charge is 0.339 e. The fraction of sp³-hybridized carbons (Fsp3) is 0.190. The molecule has 0 saturated heterocycles. The van der Waals surface area contributed by atoms with Gasteiger partial charge in [0.1, 0.15) is 6.42 Å². The number of nitrogens with zero attached hydrogens (tertiary/aromatic N) is 2. The van der Waals surface area contributed by atoms with E-state index in [0.717, 1.165) is 22.2 Å². The number of anilines is 1. The minimum absolute atomic E-state index is 0.196. The summed E-state index contributed by atoms with van der Waals surface area (Å²) in [7, 11) is 1.68. The van der Waals surface area contributed by atoms with E-state index in [1.807, 2.05) is 67.6 Å². The van der Waals surface area contributed by atoms with Crippen molar-refractivity contribution in [2.45, 2.75) is 19.9 Å². The van der Waals surface area contributed by atoms with E-state index in [1.54, 1.807) is 7.05 Å². The molecule has 0 radical (unpaired) electrons. The zero-order chi connectivity index (χ0) is 18.5. The molecule has 0 atom stereocenters. The molecule has 1 aromatic heterocycles. The Bertz CT molecular complexity index is 935. The van der Waals surface area contributed by atoms with E-state index in [-0.39, 0.29) is 18.2 Å². The molecule has 0 saturated carbocycles. The van der Waals surface area contributed by atoms with Crippen LogP contribution in [0.25, 0.3) is 10.9 Å². The zero-order valence-electron chi connectivity index (χ0n) is 14.9. The monoisotopic (exact) mass is 347 g/mol. The standard InChI is InChI=1S/C21H21N3O2/c1-15-7-10-17(11-8-15)23-20(25)13-21(26)24(2)14-18-12-9-16-5-3-4-6-19(16)22-18/h3-12H,13-14H2,1-2H3,(H,23,25). The maximum Gasteiger partial charge on any atom is 0.233 e. The van der Waals surface area contributed by atoms with E-state index in [0.29, 0.717) is 12.2 Å². The van der Waals surface area contributed by atoms with E-state index in [1.165, 1.54) is 4.90 Å². The zero-order valence-corrected chi connectivity index (χ0v) is 14.9. The van der Waals surface area contributed by atoms with E-state index in [4.69, 9.17) is 0 Å². The molecule has 5 heteroatoms. The number of hydrogen-bond donors (Lipinski definition) is 1.